The Labute approximate surface area is 108 Å². The van der Waals surface area contributed by atoms with E-state index in [1.807, 2.05) is 0 Å². The summed E-state index contributed by atoms with van der Waals surface area (Å²) in [5, 5.41) is 0. The molecule has 1 fully saturated rings. The molecule has 2 nitrogen and oxygen atoms in total. The third-order valence-corrected chi connectivity index (χ3v) is 4.35. The van der Waals surface area contributed by atoms with Gasteiger partial charge in [0, 0.05) is 12.6 Å². The smallest absolute Gasteiger partial charge is 0.0113 e. The van der Waals surface area contributed by atoms with Crippen molar-refractivity contribution < 1.29 is 0 Å². The molecule has 17 heavy (non-hydrogen) atoms. The molecular formula is C15H32N2. The van der Waals surface area contributed by atoms with Crippen LogP contribution in [0.1, 0.15) is 52.4 Å². The minimum absolute atomic E-state index is 0.821. The van der Waals surface area contributed by atoms with Crippen molar-refractivity contribution in [2.75, 3.05) is 33.7 Å². The molecule has 1 saturated heterocycles. The Morgan fingerprint density at radius 3 is 2.29 bits per heavy atom. The molecular weight excluding hydrogens is 208 g/mol. The zero-order chi connectivity index (χ0) is 12.7. The molecule has 0 aliphatic carbocycles. The van der Waals surface area contributed by atoms with Crippen LogP contribution in [0.2, 0.25) is 0 Å². The van der Waals surface area contributed by atoms with E-state index in [0.29, 0.717) is 0 Å². The van der Waals surface area contributed by atoms with Crippen LogP contribution < -0.4 is 0 Å². The van der Waals surface area contributed by atoms with Crippen molar-refractivity contribution in [1.82, 2.24) is 9.80 Å². The van der Waals surface area contributed by atoms with E-state index >= 15 is 0 Å². The maximum Gasteiger partial charge on any atom is 0.0113 e. The van der Waals surface area contributed by atoms with Crippen molar-refractivity contribution in [2.24, 2.45) is 5.92 Å². The van der Waals surface area contributed by atoms with Gasteiger partial charge in [-0.15, -0.1) is 0 Å². The Kier molecular flexibility index (Phi) is 7.14. The van der Waals surface area contributed by atoms with E-state index in [1.54, 1.807) is 0 Å². The van der Waals surface area contributed by atoms with Gasteiger partial charge < -0.3 is 9.80 Å². The summed E-state index contributed by atoms with van der Waals surface area (Å²) in [6.45, 7) is 8.62. The van der Waals surface area contributed by atoms with Crippen LogP contribution >= 0.6 is 0 Å². The van der Waals surface area contributed by atoms with E-state index < -0.39 is 0 Å². The monoisotopic (exact) mass is 240 g/mol. The van der Waals surface area contributed by atoms with Gasteiger partial charge in [0.15, 0.2) is 0 Å². The highest BCUT2D eigenvalue weighted by atomic mass is 15.2. The summed E-state index contributed by atoms with van der Waals surface area (Å²) >= 11 is 0. The summed E-state index contributed by atoms with van der Waals surface area (Å²) in [7, 11) is 4.44. The molecule has 2 heteroatoms. The standard InChI is InChI=1S/C15H32N2/c1-5-7-8-14(6-2)13-17-11-9-15(10-12-17)16(3)4/h14-15H,5-13H2,1-4H3. The SMILES string of the molecule is CCCCC(CC)CN1CCC(N(C)C)CC1. The number of likely N-dealkylation sites (tertiary alicyclic amines) is 1. The molecule has 1 atom stereocenters. The predicted molar refractivity (Wildman–Crippen MR) is 76.5 cm³/mol. The fraction of sp³-hybridized carbons (Fsp3) is 1.00. The van der Waals surface area contributed by atoms with Crippen LogP contribution in [0.4, 0.5) is 0 Å². The van der Waals surface area contributed by atoms with Crippen LogP contribution in [-0.2, 0) is 0 Å². The van der Waals surface area contributed by atoms with Gasteiger partial charge in [0.2, 0.25) is 0 Å². The summed E-state index contributed by atoms with van der Waals surface area (Å²) in [4.78, 5) is 5.09. The van der Waals surface area contributed by atoms with Gasteiger partial charge in [0.25, 0.3) is 0 Å². The lowest BCUT2D eigenvalue weighted by Gasteiger charge is -2.36. The molecule has 0 radical (unpaired) electrons. The number of unbranched alkanes of at least 4 members (excludes halogenated alkanes) is 1. The van der Waals surface area contributed by atoms with Crippen molar-refractivity contribution in [3.8, 4) is 0 Å². The van der Waals surface area contributed by atoms with E-state index in [-0.39, 0.29) is 0 Å². The molecule has 1 unspecified atom stereocenters. The Hall–Kier alpha value is -0.0800. The molecule has 1 rings (SSSR count). The molecule has 0 N–H and O–H groups in total. The first kappa shape index (κ1) is 15.0. The third-order valence-electron chi connectivity index (χ3n) is 4.35. The van der Waals surface area contributed by atoms with Gasteiger partial charge in [0.05, 0.1) is 0 Å². The van der Waals surface area contributed by atoms with Crippen molar-refractivity contribution >= 4 is 0 Å². The second-order valence-electron chi connectivity index (χ2n) is 5.91. The third kappa shape index (κ3) is 5.39. The van der Waals surface area contributed by atoms with Crippen molar-refractivity contribution in [3.63, 3.8) is 0 Å². The molecule has 0 saturated carbocycles. The topological polar surface area (TPSA) is 6.48 Å². The van der Waals surface area contributed by atoms with Crippen LogP contribution in [0, 0.1) is 5.92 Å². The normalized spacial score (nSPS) is 21.0. The number of nitrogens with zero attached hydrogens (tertiary/aromatic N) is 2. The first-order valence-electron chi connectivity index (χ1n) is 7.56. The Bertz CT molecular complexity index is 183. The summed E-state index contributed by atoms with van der Waals surface area (Å²) in [5.41, 5.74) is 0. The largest absolute Gasteiger partial charge is 0.306 e. The fourth-order valence-electron chi connectivity index (χ4n) is 2.90. The highest BCUT2D eigenvalue weighted by Crippen LogP contribution is 2.19. The number of hydrogen-bond donors (Lipinski definition) is 0. The second kappa shape index (κ2) is 8.10. The van der Waals surface area contributed by atoms with Crippen LogP contribution in [-0.4, -0.2) is 49.6 Å². The first-order valence-corrected chi connectivity index (χ1v) is 7.56. The molecule has 0 aromatic heterocycles. The van der Waals surface area contributed by atoms with Gasteiger partial charge in [-0.3, -0.25) is 0 Å². The molecule has 0 amide bonds. The van der Waals surface area contributed by atoms with Gasteiger partial charge in [-0.25, -0.2) is 0 Å². The number of hydrogen-bond acceptors (Lipinski definition) is 2. The Morgan fingerprint density at radius 2 is 1.82 bits per heavy atom. The van der Waals surface area contributed by atoms with Crippen LogP contribution in [0.5, 0.6) is 0 Å². The molecule has 1 heterocycles. The van der Waals surface area contributed by atoms with Gasteiger partial charge in [-0.05, 0) is 52.4 Å². The van der Waals surface area contributed by atoms with Crippen molar-refractivity contribution in [3.05, 3.63) is 0 Å². The Balaban J connectivity index is 2.23. The lowest BCUT2D eigenvalue weighted by Crippen LogP contribution is -2.43. The molecule has 1 aliphatic heterocycles. The van der Waals surface area contributed by atoms with Crippen LogP contribution in [0.3, 0.4) is 0 Å². The Morgan fingerprint density at radius 1 is 1.18 bits per heavy atom. The predicted octanol–water partition coefficient (Wildman–Crippen LogP) is 3.23. The molecule has 1 aliphatic rings. The molecule has 0 spiro atoms. The van der Waals surface area contributed by atoms with E-state index in [2.05, 4.69) is 37.7 Å². The summed E-state index contributed by atoms with van der Waals surface area (Å²) < 4.78 is 0. The van der Waals surface area contributed by atoms with E-state index in [4.69, 9.17) is 0 Å². The zero-order valence-corrected chi connectivity index (χ0v) is 12.4. The first-order chi connectivity index (χ1) is 8.17. The maximum absolute atomic E-state index is 2.70. The minimum Gasteiger partial charge on any atom is -0.306 e. The summed E-state index contributed by atoms with van der Waals surface area (Å²) in [6.07, 6.45) is 8.26. The van der Waals surface area contributed by atoms with Crippen LogP contribution in [0.25, 0.3) is 0 Å². The van der Waals surface area contributed by atoms with E-state index in [9.17, 15) is 0 Å². The van der Waals surface area contributed by atoms with Crippen molar-refractivity contribution in [1.29, 1.82) is 0 Å². The van der Waals surface area contributed by atoms with Gasteiger partial charge in [-0.2, -0.15) is 0 Å². The molecule has 0 aromatic rings. The highest BCUT2D eigenvalue weighted by Gasteiger charge is 2.21. The zero-order valence-electron chi connectivity index (χ0n) is 12.4. The van der Waals surface area contributed by atoms with Crippen LogP contribution in [0.15, 0.2) is 0 Å². The lowest BCUT2D eigenvalue weighted by atomic mass is 9.96. The minimum atomic E-state index is 0.821. The maximum atomic E-state index is 2.70. The van der Waals surface area contributed by atoms with E-state index in [1.165, 1.54) is 58.2 Å². The quantitative estimate of drug-likeness (QED) is 0.674. The summed E-state index contributed by atoms with van der Waals surface area (Å²) in [5.74, 6) is 0.936. The second-order valence-corrected chi connectivity index (χ2v) is 5.91. The molecule has 0 aromatic carbocycles. The fourth-order valence-corrected chi connectivity index (χ4v) is 2.90. The molecule has 0 bridgehead atoms. The van der Waals surface area contributed by atoms with Gasteiger partial charge in [0.1, 0.15) is 0 Å². The van der Waals surface area contributed by atoms with Gasteiger partial charge in [-0.1, -0.05) is 33.1 Å². The summed E-state index contributed by atoms with van der Waals surface area (Å²) in [6, 6.07) is 0.821. The lowest BCUT2D eigenvalue weighted by molar-refractivity contribution is 0.126. The average molecular weight is 240 g/mol. The molecule has 102 valence electrons. The number of piperidine rings is 1. The highest BCUT2D eigenvalue weighted by molar-refractivity contribution is 4.78. The number of rotatable bonds is 7. The van der Waals surface area contributed by atoms with E-state index in [0.717, 1.165) is 12.0 Å². The van der Waals surface area contributed by atoms with Gasteiger partial charge >= 0.3 is 0 Å². The average Bonchev–Trinajstić information content (AvgIpc) is 2.35. The van der Waals surface area contributed by atoms with Crippen molar-refractivity contribution in [2.45, 2.75) is 58.4 Å².